The standard InChI is InChI=1S/C21H20N4O/c22-10-3-1-2-4-11-24-17-9-8-15-18-13(17)6-5-7-14(18)19-16(12-23)21(26)25-20(15)19/h5-9H,1-4,10-11,22H2,(H,25,26). The summed E-state index contributed by atoms with van der Waals surface area (Å²) in [7, 11) is 0. The molecule has 0 radical (unpaired) electrons. The summed E-state index contributed by atoms with van der Waals surface area (Å²) in [6.07, 6.45) is 4.42. The molecule has 26 heavy (non-hydrogen) atoms. The third-order valence-corrected chi connectivity index (χ3v) is 5.03. The minimum atomic E-state index is -0.314. The van der Waals surface area contributed by atoms with E-state index in [9.17, 15) is 10.1 Å². The topological polar surface area (TPSA) is 91.3 Å². The van der Waals surface area contributed by atoms with Crippen molar-refractivity contribution in [3.63, 3.8) is 0 Å². The zero-order valence-electron chi connectivity index (χ0n) is 14.5. The van der Waals surface area contributed by atoms with Crippen LogP contribution < -0.4 is 21.6 Å². The molecule has 1 heterocycles. The van der Waals surface area contributed by atoms with Gasteiger partial charge in [0.25, 0.3) is 5.91 Å². The van der Waals surface area contributed by atoms with Gasteiger partial charge >= 0.3 is 0 Å². The third-order valence-electron chi connectivity index (χ3n) is 5.03. The van der Waals surface area contributed by atoms with Crippen LogP contribution in [0.15, 0.2) is 35.3 Å². The quantitative estimate of drug-likeness (QED) is 0.671. The fraction of sp³-hybridized carbons (Fsp3) is 0.286. The van der Waals surface area contributed by atoms with Crippen molar-refractivity contribution in [2.24, 2.45) is 10.7 Å². The van der Waals surface area contributed by atoms with Crippen LogP contribution >= 0.6 is 0 Å². The number of nitrogens with two attached hydrogens (primary N) is 1. The molecular formula is C21H20N4O. The Bertz CT molecular complexity index is 1110. The first-order valence-corrected chi connectivity index (χ1v) is 9.03. The van der Waals surface area contributed by atoms with Crippen molar-refractivity contribution in [3.8, 4) is 17.2 Å². The molecule has 0 saturated heterocycles. The highest BCUT2D eigenvalue weighted by Gasteiger charge is 2.29. The summed E-state index contributed by atoms with van der Waals surface area (Å²) in [4.78, 5) is 16.8. The van der Waals surface area contributed by atoms with Gasteiger partial charge < -0.3 is 11.1 Å². The highest BCUT2D eigenvalue weighted by atomic mass is 16.1. The molecule has 1 aromatic rings. The molecule has 5 nitrogen and oxygen atoms in total. The first kappa shape index (κ1) is 16.5. The van der Waals surface area contributed by atoms with E-state index in [4.69, 9.17) is 10.7 Å². The Kier molecular flexibility index (Phi) is 4.27. The van der Waals surface area contributed by atoms with Crippen LogP contribution in [-0.4, -0.2) is 19.0 Å². The zero-order valence-corrected chi connectivity index (χ0v) is 14.5. The van der Waals surface area contributed by atoms with Crippen molar-refractivity contribution in [1.82, 2.24) is 0 Å². The predicted octanol–water partition coefficient (Wildman–Crippen LogP) is 2.15. The van der Waals surface area contributed by atoms with E-state index in [0.29, 0.717) is 0 Å². The summed E-state index contributed by atoms with van der Waals surface area (Å²) in [6.45, 7) is 1.55. The lowest BCUT2D eigenvalue weighted by Gasteiger charge is -2.08. The summed E-state index contributed by atoms with van der Waals surface area (Å²) in [5.74, 6) is -0.314. The molecule has 0 atom stereocenters. The molecule has 0 spiro atoms. The average molecular weight is 344 g/mol. The van der Waals surface area contributed by atoms with Crippen LogP contribution in [0.25, 0.3) is 27.5 Å². The van der Waals surface area contributed by atoms with Gasteiger partial charge in [0.1, 0.15) is 11.6 Å². The highest BCUT2D eigenvalue weighted by Crippen LogP contribution is 2.38. The second kappa shape index (κ2) is 6.74. The van der Waals surface area contributed by atoms with Crippen molar-refractivity contribution in [2.75, 3.05) is 18.4 Å². The largest absolute Gasteiger partial charge is 0.330 e. The molecule has 0 unspecified atom stereocenters. The van der Waals surface area contributed by atoms with E-state index < -0.39 is 0 Å². The van der Waals surface area contributed by atoms with Crippen molar-refractivity contribution in [1.29, 1.82) is 5.26 Å². The maximum Gasteiger partial charge on any atom is 0.267 e. The molecule has 0 saturated carbocycles. The maximum atomic E-state index is 12.0. The number of nitrogens with one attached hydrogen (secondary N) is 1. The van der Waals surface area contributed by atoms with Gasteiger partial charge in [-0.2, -0.15) is 5.26 Å². The number of hydrogen-bond donors (Lipinski definition) is 2. The van der Waals surface area contributed by atoms with E-state index in [2.05, 4.69) is 17.5 Å². The van der Waals surface area contributed by atoms with E-state index in [1.54, 1.807) is 0 Å². The summed E-state index contributed by atoms with van der Waals surface area (Å²) < 4.78 is 0. The van der Waals surface area contributed by atoms with Gasteiger partial charge in [-0.05, 0) is 30.8 Å². The number of fused-ring (bicyclic) bond motifs is 3. The van der Waals surface area contributed by atoms with Crippen LogP contribution in [-0.2, 0) is 4.79 Å². The lowest BCUT2D eigenvalue weighted by Crippen LogP contribution is -2.09. The van der Waals surface area contributed by atoms with Crippen molar-refractivity contribution in [2.45, 2.75) is 25.7 Å². The van der Waals surface area contributed by atoms with Crippen LogP contribution in [0.4, 0.5) is 5.69 Å². The number of carbonyl (C=O) groups excluding carboxylic acids is 1. The molecule has 3 aliphatic rings. The van der Waals surface area contributed by atoms with Crippen LogP contribution in [0.2, 0.25) is 0 Å². The van der Waals surface area contributed by atoms with Gasteiger partial charge in [-0.3, -0.25) is 9.79 Å². The Labute approximate surface area is 151 Å². The molecule has 0 fully saturated rings. The van der Waals surface area contributed by atoms with E-state index in [1.165, 1.54) is 0 Å². The molecular weight excluding hydrogens is 324 g/mol. The fourth-order valence-corrected chi connectivity index (χ4v) is 3.81. The number of nitriles is 1. The lowest BCUT2D eigenvalue weighted by molar-refractivity contribution is -0.110. The Hall–Kier alpha value is -2.97. The molecule has 130 valence electrons. The van der Waals surface area contributed by atoms with Gasteiger partial charge in [0, 0.05) is 28.3 Å². The first-order valence-electron chi connectivity index (χ1n) is 9.03. The maximum absolute atomic E-state index is 12.0. The second-order valence-corrected chi connectivity index (χ2v) is 6.64. The molecule has 4 rings (SSSR count). The zero-order chi connectivity index (χ0) is 18.1. The predicted molar refractivity (Wildman–Crippen MR) is 103 cm³/mol. The number of rotatable bonds is 6. The molecule has 1 amide bonds. The number of anilines is 1. The number of amides is 1. The average Bonchev–Trinajstić information content (AvgIpc) is 3.14. The Balaban J connectivity index is 1.80. The third kappa shape index (κ3) is 2.51. The number of hydrogen-bond acceptors (Lipinski definition) is 4. The van der Waals surface area contributed by atoms with Crippen molar-refractivity contribution in [3.05, 3.63) is 40.9 Å². The first-order chi connectivity index (χ1) is 12.8. The van der Waals surface area contributed by atoms with Crippen LogP contribution in [0.1, 0.15) is 25.7 Å². The van der Waals surface area contributed by atoms with Crippen molar-refractivity contribution < 1.29 is 4.79 Å². The monoisotopic (exact) mass is 344 g/mol. The molecule has 3 N–H and O–H groups in total. The summed E-state index contributed by atoms with van der Waals surface area (Å²) in [5.41, 5.74) is 8.53. The van der Waals surface area contributed by atoms with E-state index >= 15 is 0 Å². The fourth-order valence-electron chi connectivity index (χ4n) is 3.81. The number of carbonyl (C=O) groups is 1. The van der Waals surface area contributed by atoms with Gasteiger partial charge in [-0.15, -0.1) is 0 Å². The smallest absolute Gasteiger partial charge is 0.267 e. The van der Waals surface area contributed by atoms with Crippen LogP contribution in [0.5, 0.6) is 0 Å². The second-order valence-electron chi connectivity index (χ2n) is 6.64. The summed E-state index contributed by atoms with van der Waals surface area (Å²) >= 11 is 0. The van der Waals surface area contributed by atoms with E-state index in [1.807, 2.05) is 24.3 Å². The molecule has 0 bridgehead atoms. The molecule has 0 aromatic heterocycles. The molecule has 1 aliphatic heterocycles. The van der Waals surface area contributed by atoms with Gasteiger partial charge in [0.05, 0.1) is 11.0 Å². The van der Waals surface area contributed by atoms with Crippen molar-refractivity contribution >= 4 is 27.9 Å². The Morgan fingerprint density at radius 1 is 1.08 bits per heavy atom. The molecule has 1 aromatic carbocycles. The lowest BCUT2D eigenvalue weighted by atomic mass is 9.99. The SMILES string of the molecule is N#CC1=c2c(c3ccc(=NCCCCCCN)c4cccc2c4-3)NC1=O. The van der Waals surface area contributed by atoms with Crippen LogP contribution in [0.3, 0.4) is 0 Å². The minimum Gasteiger partial charge on any atom is -0.330 e. The Morgan fingerprint density at radius 2 is 1.88 bits per heavy atom. The van der Waals surface area contributed by atoms with Gasteiger partial charge in [0.2, 0.25) is 0 Å². The minimum absolute atomic E-state index is 0.196. The number of unbranched alkanes of at least 4 members (excludes halogenated alkanes) is 3. The van der Waals surface area contributed by atoms with Gasteiger partial charge in [0.15, 0.2) is 0 Å². The summed E-state index contributed by atoms with van der Waals surface area (Å²) in [6, 6.07) is 12.1. The van der Waals surface area contributed by atoms with E-state index in [0.717, 1.165) is 76.9 Å². The molecule has 2 aliphatic carbocycles. The number of nitrogens with zero attached hydrogens (tertiary/aromatic N) is 2. The van der Waals surface area contributed by atoms with E-state index in [-0.39, 0.29) is 11.5 Å². The summed E-state index contributed by atoms with van der Waals surface area (Å²) in [5, 5.41) is 15.9. The normalized spacial score (nSPS) is 14.2. The Morgan fingerprint density at radius 3 is 2.69 bits per heavy atom. The van der Waals surface area contributed by atoms with Crippen LogP contribution in [0, 0.1) is 11.3 Å². The molecule has 5 heteroatoms. The van der Waals surface area contributed by atoms with Gasteiger partial charge in [-0.1, -0.05) is 37.1 Å². The number of benzene rings is 2. The highest BCUT2D eigenvalue weighted by molar-refractivity contribution is 6.32. The van der Waals surface area contributed by atoms with Gasteiger partial charge in [-0.25, -0.2) is 0 Å².